The molecule has 2 aliphatic rings. The summed E-state index contributed by atoms with van der Waals surface area (Å²) in [5, 5.41) is 14.5. The van der Waals surface area contributed by atoms with E-state index in [9.17, 15) is 19.7 Å². The van der Waals surface area contributed by atoms with E-state index in [-0.39, 0.29) is 40.2 Å². The number of esters is 1. The van der Waals surface area contributed by atoms with Gasteiger partial charge in [0.05, 0.1) is 35.4 Å². The van der Waals surface area contributed by atoms with Crippen molar-refractivity contribution in [3.8, 4) is 11.5 Å². The van der Waals surface area contributed by atoms with E-state index in [4.69, 9.17) is 25.8 Å². The monoisotopic (exact) mass is 546 g/mol. The average molecular weight is 547 g/mol. The predicted octanol–water partition coefficient (Wildman–Crippen LogP) is 5.58. The van der Waals surface area contributed by atoms with Crippen LogP contribution in [0.4, 0.5) is 5.69 Å². The molecule has 1 heterocycles. The van der Waals surface area contributed by atoms with Crippen molar-refractivity contribution >= 4 is 34.7 Å². The van der Waals surface area contributed by atoms with Gasteiger partial charge in [0.1, 0.15) is 6.61 Å². The Morgan fingerprint density at radius 3 is 2.51 bits per heavy atom. The zero-order valence-corrected chi connectivity index (χ0v) is 22.0. The quantitative estimate of drug-likeness (QED) is 0.232. The number of ketones is 1. The van der Waals surface area contributed by atoms with Gasteiger partial charge in [-0.1, -0.05) is 48.0 Å². The van der Waals surface area contributed by atoms with E-state index >= 15 is 0 Å². The molecule has 0 fully saturated rings. The molecule has 0 aromatic heterocycles. The molecule has 3 aromatic carbocycles. The van der Waals surface area contributed by atoms with Gasteiger partial charge in [0, 0.05) is 40.4 Å². The summed E-state index contributed by atoms with van der Waals surface area (Å²) in [6.45, 7) is 1.75. The van der Waals surface area contributed by atoms with Gasteiger partial charge in [-0.2, -0.15) is 0 Å². The van der Waals surface area contributed by atoms with Gasteiger partial charge in [-0.3, -0.25) is 14.9 Å². The second-order valence-corrected chi connectivity index (χ2v) is 9.41. The summed E-state index contributed by atoms with van der Waals surface area (Å²) in [6.07, 6.45) is 0. The molecular weight excluding hydrogens is 524 g/mol. The topological polar surface area (TPSA) is 117 Å². The lowest BCUT2D eigenvalue weighted by Gasteiger charge is -2.29. The van der Waals surface area contributed by atoms with Gasteiger partial charge in [0.2, 0.25) is 0 Å². The molecular formula is C29H23ClN2O7. The van der Waals surface area contributed by atoms with E-state index < -0.39 is 16.8 Å². The van der Waals surface area contributed by atoms with Crippen molar-refractivity contribution in [1.82, 2.24) is 5.32 Å². The Morgan fingerprint density at radius 1 is 1.08 bits per heavy atom. The Labute approximate surface area is 228 Å². The van der Waals surface area contributed by atoms with E-state index in [1.807, 2.05) is 12.1 Å². The van der Waals surface area contributed by atoms with E-state index in [0.717, 1.165) is 5.56 Å². The van der Waals surface area contributed by atoms with Crippen LogP contribution in [0, 0.1) is 10.1 Å². The van der Waals surface area contributed by atoms with Gasteiger partial charge in [0.15, 0.2) is 17.3 Å². The number of fused-ring (bicyclic) bond motifs is 2. The fraction of sp³-hybridized carbons (Fsp3) is 0.172. The number of allylic oxidation sites excluding steroid dienone is 2. The van der Waals surface area contributed by atoms with Gasteiger partial charge in [-0.15, -0.1) is 0 Å². The number of carbonyl (C=O) groups excluding carboxylic acids is 2. The number of nitrogens with one attached hydrogen (secondary N) is 1. The number of benzene rings is 3. The summed E-state index contributed by atoms with van der Waals surface area (Å²) >= 11 is 6.68. The van der Waals surface area contributed by atoms with Crippen molar-refractivity contribution in [2.75, 3.05) is 14.2 Å². The number of nitro benzene ring substituents is 1. The summed E-state index contributed by atoms with van der Waals surface area (Å²) in [6, 6.07) is 16.6. The molecule has 198 valence electrons. The molecule has 1 atom stereocenters. The van der Waals surface area contributed by atoms with Crippen LogP contribution in [-0.4, -0.2) is 30.9 Å². The van der Waals surface area contributed by atoms with E-state index in [2.05, 4.69) is 5.32 Å². The maximum absolute atomic E-state index is 13.6. The van der Waals surface area contributed by atoms with E-state index in [0.29, 0.717) is 33.7 Å². The summed E-state index contributed by atoms with van der Waals surface area (Å²) < 4.78 is 16.6. The molecule has 3 aromatic rings. The molecule has 1 N–H and O–H groups in total. The van der Waals surface area contributed by atoms with Crippen LogP contribution in [-0.2, 0) is 16.1 Å². The van der Waals surface area contributed by atoms with Crippen LogP contribution >= 0.6 is 11.6 Å². The van der Waals surface area contributed by atoms with Crippen molar-refractivity contribution in [3.05, 3.63) is 115 Å². The minimum atomic E-state index is -0.786. The summed E-state index contributed by atoms with van der Waals surface area (Å²) in [5.74, 6) is -1.08. The first-order chi connectivity index (χ1) is 18.7. The lowest BCUT2D eigenvalue weighted by atomic mass is 9.79. The number of hydrogen-bond donors (Lipinski definition) is 1. The Bertz CT molecular complexity index is 1610. The molecule has 0 bridgehead atoms. The van der Waals surface area contributed by atoms with Crippen LogP contribution in [0.1, 0.15) is 39.9 Å². The smallest absolute Gasteiger partial charge is 0.336 e. The molecule has 9 nitrogen and oxygen atoms in total. The summed E-state index contributed by atoms with van der Waals surface area (Å²) in [7, 11) is 2.73. The molecule has 10 heteroatoms. The Balaban J connectivity index is 1.58. The first-order valence-corrected chi connectivity index (χ1v) is 12.3. The molecule has 5 rings (SSSR count). The Morgan fingerprint density at radius 2 is 1.82 bits per heavy atom. The standard InChI is InChI=1S/C29H23ClN2O7/c1-15-23(29(34)38-3)24(25-26(31-15)19-9-4-5-10-20(19)27(25)33)17-12-21(30)28(22(13-17)37-2)39-14-16-7-6-8-18(11-16)32(35)36/h4-13,24,31H,14H2,1-3H3/t24-/m1/s1. The minimum Gasteiger partial charge on any atom is -0.493 e. The zero-order valence-electron chi connectivity index (χ0n) is 21.2. The first kappa shape index (κ1) is 26.0. The number of rotatable bonds is 7. The highest BCUT2D eigenvalue weighted by Crippen LogP contribution is 2.49. The molecule has 39 heavy (non-hydrogen) atoms. The second-order valence-electron chi connectivity index (χ2n) is 9.00. The van der Waals surface area contributed by atoms with Crippen LogP contribution in [0.25, 0.3) is 5.70 Å². The van der Waals surface area contributed by atoms with Gasteiger partial charge >= 0.3 is 5.97 Å². The van der Waals surface area contributed by atoms with Crippen molar-refractivity contribution < 1.29 is 28.7 Å². The highest BCUT2D eigenvalue weighted by atomic mass is 35.5. The number of dihydropyridines is 1. The van der Waals surface area contributed by atoms with Crippen molar-refractivity contribution in [3.63, 3.8) is 0 Å². The van der Waals surface area contributed by atoms with Crippen LogP contribution in [0.15, 0.2) is 77.5 Å². The number of nitrogens with zero attached hydrogens (tertiary/aromatic N) is 1. The van der Waals surface area contributed by atoms with Crippen LogP contribution in [0.3, 0.4) is 0 Å². The third-order valence-electron chi connectivity index (χ3n) is 6.74. The largest absolute Gasteiger partial charge is 0.493 e. The number of ether oxygens (including phenoxy) is 3. The molecule has 0 spiro atoms. The van der Waals surface area contributed by atoms with Crippen molar-refractivity contribution in [1.29, 1.82) is 0 Å². The maximum Gasteiger partial charge on any atom is 0.336 e. The fourth-order valence-electron chi connectivity index (χ4n) is 5.00. The van der Waals surface area contributed by atoms with Crippen LogP contribution in [0.5, 0.6) is 11.5 Å². The van der Waals surface area contributed by atoms with E-state index in [1.165, 1.54) is 26.4 Å². The van der Waals surface area contributed by atoms with Gasteiger partial charge in [-0.05, 0) is 30.2 Å². The van der Waals surface area contributed by atoms with E-state index in [1.54, 1.807) is 43.3 Å². The number of nitro groups is 1. The van der Waals surface area contributed by atoms with Gasteiger partial charge < -0.3 is 19.5 Å². The minimum absolute atomic E-state index is 0.0000267. The van der Waals surface area contributed by atoms with Crippen molar-refractivity contribution in [2.24, 2.45) is 0 Å². The van der Waals surface area contributed by atoms with Crippen LogP contribution in [0.2, 0.25) is 5.02 Å². The number of carbonyl (C=O) groups is 2. The normalized spacial score (nSPS) is 15.9. The number of methoxy groups -OCH3 is 2. The number of hydrogen-bond acceptors (Lipinski definition) is 8. The Kier molecular flexibility index (Phi) is 6.84. The SMILES string of the molecule is COC(=O)C1=C(C)NC2=C(C(=O)c3ccccc32)[C@@H]1c1cc(Cl)c(OCc2cccc([N+](=O)[O-])c2)c(OC)c1. The average Bonchev–Trinajstić information content (AvgIpc) is 3.22. The molecule has 1 aliphatic heterocycles. The molecule has 0 radical (unpaired) electrons. The third-order valence-corrected chi connectivity index (χ3v) is 7.02. The lowest BCUT2D eigenvalue weighted by molar-refractivity contribution is -0.384. The predicted molar refractivity (Wildman–Crippen MR) is 144 cm³/mol. The second kappa shape index (κ2) is 10.3. The Hall–Kier alpha value is -4.63. The van der Waals surface area contributed by atoms with Crippen molar-refractivity contribution in [2.45, 2.75) is 19.4 Å². The first-order valence-electron chi connectivity index (χ1n) is 11.9. The maximum atomic E-state index is 13.6. The van der Waals surface area contributed by atoms with Gasteiger partial charge in [0.25, 0.3) is 5.69 Å². The molecule has 0 amide bonds. The summed E-state index contributed by atoms with van der Waals surface area (Å²) in [4.78, 5) is 37.2. The fourth-order valence-corrected chi connectivity index (χ4v) is 5.28. The number of Topliss-reactive ketones (excluding diaryl/α,β-unsaturated/α-hetero) is 1. The highest BCUT2D eigenvalue weighted by molar-refractivity contribution is 6.32. The van der Waals surface area contributed by atoms with Crippen LogP contribution < -0.4 is 14.8 Å². The lowest BCUT2D eigenvalue weighted by Crippen LogP contribution is -2.29. The molecule has 0 unspecified atom stereocenters. The summed E-state index contributed by atoms with van der Waals surface area (Å²) in [5.41, 5.74) is 4.21. The third kappa shape index (κ3) is 4.51. The molecule has 0 saturated carbocycles. The zero-order chi connectivity index (χ0) is 27.8. The van der Waals surface area contributed by atoms with Gasteiger partial charge in [-0.25, -0.2) is 4.79 Å². The highest BCUT2D eigenvalue weighted by Gasteiger charge is 2.43. The molecule has 0 saturated heterocycles. The number of non-ortho nitro benzene ring substituents is 1. The number of halogens is 1. The molecule has 1 aliphatic carbocycles.